The van der Waals surface area contributed by atoms with Gasteiger partial charge < -0.3 is 10.1 Å². The van der Waals surface area contributed by atoms with Gasteiger partial charge in [-0.2, -0.15) is 0 Å². The van der Waals surface area contributed by atoms with Crippen LogP contribution < -0.4 is 14.8 Å². The van der Waals surface area contributed by atoms with Crippen LogP contribution in [0.5, 0.6) is 5.75 Å². The molecule has 2 rings (SSSR count). The number of amides is 1. The van der Waals surface area contributed by atoms with Crippen molar-refractivity contribution in [2.24, 2.45) is 0 Å². The second-order valence-corrected chi connectivity index (χ2v) is 8.09. The van der Waals surface area contributed by atoms with Gasteiger partial charge >= 0.3 is 0 Å². The van der Waals surface area contributed by atoms with Crippen molar-refractivity contribution in [3.05, 3.63) is 65.2 Å². The molecule has 0 heterocycles. The van der Waals surface area contributed by atoms with Crippen molar-refractivity contribution in [2.45, 2.75) is 11.8 Å². The fraction of sp³-hybridized carbons (Fsp3) is 0.167. The van der Waals surface area contributed by atoms with Gasteiger partial charge in [-0.05, 0) is 55.0 Å². The van der Waals surface area contributed by atoms with Crippen LogP contribution in [0, 0.1) is 6.92 Å². The van der Waals surface area contributed by atoms with Gasteiger partial charge in [0, 0.05) is 16.7 Å². The van der Waals surface area contributed by atoms with Crippen LogP contribution in [-0.4, -0.2) is 27.5 Å². The van der Waals surface area contributed by atoms with E-state index in [0.29, 0.717) is 11.4 Å². The first kappa shape index (κ1) is 20.2. The average molecular weight is 439 g/mol. The van der Waals surface area contributed by atoms with Crippen LogP contribution in [0.4, 0.5) is 5.69 Å². The van der Waals surface area contributed by atoms with Gasteiger partial charge in [-0.25, -0.2) is 13.1 Å². The molecule has 0 aliphatic carbocycles. The Kier molecular flexibility index (Phi) is 6.96. The maximum absolute atomic E-state index is 12.0. The molecular weight excluding hydrogens is 420 g/mol. The van der Waals surface area contributed by atoms with E-state index in [1.54, 1.807) is 6.07 Å². The lowest BCUT2D eigenvalue weighted by atomic mass is 10.2. The number of hydrogen-bond acceptors (Lipinski definition) is 4. The second-order valence-electron chi connectivity index (χ2n) is 5.41. The van der Waals surface area contributed by atoms with Crippen molar-refractivity contribution < 1.29 is 17.9 Å². The van der Waals surface area contributed by atoms with Crippen molar-refractivity contribution >= 4 is 37.5 Å². The molecule has 8 heteroatoms. The van der Waals surface area contributed by atoms with E-state index in [9.17, 15) is 13.2 Å². The Morgan fingerprint density at radius 1 is 1.23 bits per heavy atom. The van der Waals surface area contributed by atoms with Gasteiger partial charge in [0.05, 0.1) is 4.90 Å². The van der Waals surface area contributed by atoms with E-state index in [-0.39, 0.29) is 24.0 Å². The van der Waals surface area contributed by atoms with Crippen LogP contribution in [0.3, 0.4) is 0 Å². The standard InChI is InChI=1S/C18H19BrN2O4S/c1-3-10-20-26(23,24)16-7-5-15(6-8-16)21-18(22)12-25-17-9-4-14(19)11-13(17)2/h3-9,11,20H,1,10,12H2,2H3,(H,21,22). The van der Waals surface area contributed by atoms with E-state index < -0.39 is 10.0 Å². The smallest absolute Gasteiger partial charge is 0.262 e. The summed E-state index contributed by atoms with van der Waals surface area (Å²) < 4.78 is 32.8. The lowest BCUT2D eigenvalue weighted by molar-refractivity contribution is -0.118. The van der Waals surface area contributed by atoms with Crippen molar-refractivity contribution in [3.8, 4) is 5.75 Å². The Balaban J connectivity index is 1.94. The Labute approximate surface area is 161 Å². The maximum atomic E-state index is 12.0. The number of carbonyl (C=O) groups excluding carboxylic acids is 1. The summed E-state index contributed by atoms with van der Waals surface area (Å²) in [6.07, 6.45) is 1.46. The van der Waals surface area contributed by atoms with Gasteiger partial charge in [-0.1, -0.05) is 22.0 Å². The van der Waals surface area contributed by atoms with Crippen molar-refractivity contribution in [3.63, 3.8) is 0 Å². The maximum Gasteiger partial charge on any atom is 0.262 e. The highest BCUT2D eigenvalue weighted by Gasteiger charge is 2.13. The number of benzene rings is 2. The first-order chi connectivity index (χ1) is 12.3. The highest BCUT2D eigenvalue weighted by Crippen LogP contribution is 2.22. The molecule has 0 aromatic heterocycles. The molecule has 0 radical (unpaired) electrons. The van der Waals surface area contributed by atoms with Crippen LogP contribution >= 0.6 is 15.9 Å². The van der Waals surface area contributed by atoms with Gasteiger partial charge in [0.15, 0.2) is 6.61 Å². The summed E-state index contributed by atoms with van der Waals surface area (Å²) in [4.78, 5) is 12.1. The normalized spacial score (nSPS) is 11.0. The molecule has 0 saturated carbocycles. The number of sulfonamides is 1. The first-order valence-corrected chi connectivity index (χ1v) is 9.99. The minimum absolute atomic E-state index is 0.110. The Morgan fingerprint density at radius 2 is 1.92 bits per heavy atom. The summed E-state index contributed by atoms with van der Waals surface area (Å²) in [6.45, 7) is 5.35. The fourth-order valence-electron chi connectivity index (χ4n) is 2.08. The lowest BCUT2D eigenvalue weighted by Crippen LogP contribution is -2.23. The molecule has 0 spiro atoms. The lowest BCUT2D eigenvalue weighted by Gasteiger charge is -2.10. The van der Waals surface area contributed by atoms with E-state index in [1.807, 2.05) is 19.1 Å². The summed E-state index contributed by atoms with van der Waals surface area (Å²) in [5, 5.41) is 2.66. The Bertz CT molecular complexity index is 896. The monoisotopic (exact) mass is 438 g/mol. The van der Waals surface area contributed by atoms with Crippen molar-refractivity contribution in [2.75, 3.05) is 18.5 Å². The minimum Gasteiger partial charge on any atom is -0.483 e. The van der Waals surface area contributed by atoms with Gasteiger partial charge in [-0.15, -0.1) is 6.58 Å². The molecule has 2 N–H and O–H groups in total. The van der Waals surface area contributed by atoms with Gasteiger partial charge in [-0.3, -0.25) is 4.79 Å². The van der Waals surface area contributed by atoms with Crippen LogP contribution in [-0.2, 0) is 14.8 Å². The van der Waals surface area contributed by atoms with E-state index in [0.717, 1.165) is 10.0 Å². The molecule has 2 aromatic carbocycles. The topological polar surface area (TPSA) is 84.5 Å². The van der Waals surface area contributed by atoms with Crippen LogP contribution in [0.15, 0.2) is 64.5 Å². The first-order valence-electron chi connectivity index (χ1n) is 7.71. The second kappa shape index (κ2) is 8.98. The van der Waals surface area contributed by atoms with Crippen molar-refractivity contribution in [1.82, 2.24) is 4.72 Å². The summed E-state index contributed by atoms with van der Waals surface area (Å²) in [5.74, 6) is 0.283. The summed E-state index contributed by atoms with van der Waals surface area (Å²) in [5.41, 5.74) is 1.39. The van der Waals surface area contributed by atoms with E-state index in [2.05, 4.69) is 32.5 Å². The minimum atomic E-state index is -3.58. The summed E-state index contributed by atoms with van der Waals surface area (Å²) in [6, 6.07) is 11.4. The molecule has 6 nitrogen and oxygen atoms in total. The molecule has 0 aliphatic heterocycles. The third-order valence-corrected chi connectivity index (χ3v) is 5.29. The molecule has 0 unspecified atom stereocenters. The Morgan fingerprint density at radius 3 is 2.54 bits per heavy atom. The van der Waals surface area contributed by atoms with E-state index >= 15 is 0 Å². The van der Waals surface area contributed by atoms with Crippen molar-refractivity contribution in [1.29, 1.82) is 0 Å². The highest BCUT2D eigenvalue weighted by molar-refractivity contribution is 9.10. The zero-order valence-corrected chi connectivity index (χ0v) is 16.6. The molecule has 26 heavy (non-hydrogen) atoms. The van der Waals surface area contributed by atoms with Gasteiger partial charge in [0.25, 0.3) is 5.91 Å². The molecule has 0 saturated heterocycles. The van der Waals surface area contributed by atoms with Gasteiger partial charge in [0.1, 0.15) is 5.75 Å². The zero-order valence-electron chi connectivity index (χ0n) is 14.2. The van der Waals surface area contributed by atoms with Crippen LogP contribution in [0.1, 0.15) is 5.56 Å². The zero-order chi connectivity index (χ0) is 19.2. The predicted octanol–water partition coefficient (Wildman–Crippen LogP) is 3.24. The van der Waals surface area contributed by atoms with E-state index in [4.69, 9.17) is 4.74 Å². The largest absolute Gasteiger partial charge is 0.483 e. The molecule has 0 aliphatic rings. The molecule has 2 aromatic rings. The Hall–Kier alpha value is -2.16. The molecular formula is C18H19BrN2O4S. The number of carbonyl (C=O) groups is 1. The highest BCUT2D eigenvalue weighted by atomic mass is 79.9. The van der Waals surface area contributed by atoms with Crippen LogP contribution in [0.2, 0.25) is 0 Å². The number of aryl methyl sites for hydroxylation is 1. The third-order valence-electron chi connectivity index (χ3n) is 3.36. The van der Waals surface area contributed by atoms with Gasteiger partial charge in [0.2, 0.25) is 10.0 Å². The number of hydrogen-bond donors (Lipinski definition) is 2. The predicted molar refractivity (Wildman–Crippen MR) is 105 cm³/mol. The van der Waals surface area contributed by atoms with Crippen LogP contribution in [0.25, 0.3) is 0 Å². The number of ether oxygens (including phenoxy) is 1. The molecule has 1 amide bonds. The number of nitrogens with one attached hydrogen (secondary N) is 2. The molecule has 0 fully saturated rings. The van der Waals surface area contributed by atoms with E-state index in [1.165, 1.54) is 30.3 Å². The average Bonchev–Trinajstić information content (AvgIpc) is 2.60. The SMILES string of the molecule is C=CCNS(=O)(=O)c1ccc(NC(=O)COc2ccc(Br)cc2C)cc1. The number of rotatable bonds is 8. The fourth-order valence-corrected chi connectivity index (χ4v) is 3.56. The third kappa shape index (κ3) is 5.69. The summed E-state index contributed by atoms with van der Waals surface area (Å²) in [7, 11) is -3.58. The summed E-state index contributed by atoms with van der Waals surface area (Å²) >= 11 is 3.37. The number of halogens is 1. The molecule has 0 bridgehead atoms. The number of anilines is 1. The molecule has 138 valence electrons. The quantitative estimate of drug-likeness (QED) is 0.619. The molecule has 0 atom stereocenters.